The standard InChI is InChI=1S/C25H26N2O4S/c1-19-10-15-23(18-24(19)25(28)27-16-6-3-7-17-27)32(29,30)26-20-11-13-22(14-12-20)31-21-8-4-2-5-9-21/h2,4-5,8-15,18,26H,3,6-7,16-17H2,1H3. The number of hydrogen-bond acceptors (Lipinski definition) is 4. The van der Waals surface area contributed by atoms with E-state index in [2.05, 4.69) is 4.72 Å². The van der Waals surface area contributed by atoms with Crippen molar-refractivity contribution in [2.75, 3.05) is 17.8 Å². The minimum atomic E-state index is -3.85. The maximum Gasteiger partial charge on any atom is 0.261 e. The Balaban J connectivity index is 1.50. The van der Waals surface area contributed by atoms with E-state index in [4.69, 9.17) is 4.74 Å². The van der Waals surface area contributed by atoms with Crippen molar-refractivity contribution >= 4 is 21.6 Å². The van der Waals surface area contributed by atoms with E-state index >= 15 is 0 Å². The Kier molecular flexibility index (Phi) is 6.46. The summed E-state index contributed by atoms with van der Waals surface area (Å²) in [6.07, 6.45) is 3.08. The van der Waals surface area contributed by atoms with Crippen molar-refractivity contribution in [2.24, 2.45) is 0 Å². The van der Waals surface area contributed by atoms with Gasteiger partial charge in [0, 0.05) is 24.3 Å². The van der Waals surface area contributed by atoms with Crippen LogP contribution in [0.2, 0.25) is 0 Å². The molecule has 1 fully saturated rings. The van der Waals surface area contributed by atoms with Crippen LogP contribution in [0, 0.1) is 6.92 Å². The van der Waals surface area contributed by atoms with Gasteiger partial charge in [0.05, 0.1) is 4.90 Å². The summed E-state index contributed by atoms with van der Waals surface area (Å²) in [5, 5.41) is 0. The van der Waals surface area contributed by atoms with Crippen LogP contribution in [-0.4, -0.2) is 32.3 Å². The third-order valence-electron chi connectivity index (χ3n) is 5.48. The number of benzene rings is 3. The highest BCUT2D eigenvalue weighted by atomic mass is 32.2. The van der Waals surface area contributed by atoms with Gasteiger partial charge < -0.3 is 9.64 Å². The lowest BCUT2D eigenvalue weighted by Crippen LogP contribution is -2.36. The second kappa shape index (κ2) is 9.44. The van der Waals surface area contributed by atoms with Crippen molar-refractivity contribution in [1.29, 1.82) is 0 Å². The van der Waals surface area contributed by atoms with E-state index in [-0.39, 0.29) is 10.8 Å². The first kappa shape index (κ1) is 21.9. The number of piperidine rings is 1. The molecule has 3 aromatic carbocycles. The van der Waals surface area contributed by atoms with Gasteiger partial charge in [0.2, 0.25) is 0 Å². The van der Waals surface area contributed by atoms with Gasteiger partial charge in [-0.3, -0.25) is 9.52 Å². The Morgan fingerprint density at radius 2 is 1.53 bits per heavy atom. The number of anilines is 1. The van der Waals surface area contributed by atoms with Crippen molar-refractivity contribution in [3.8, 4) is 11.5 Å². The number of carbonyl (C=O) groups excluding carboxylic acids is 1. The highest BCUT2D eigenvalue weighted by Gasteiger charge is 2.23. The summed E-state index contributed by atoms with van der Waals surface area (Å²) in [5.74, 6) is 1.19. The molecule has 1 aliphatic heterocycles. The van der Waals surface area contributed by atoms with Crippen molar-refractivity contribution in [2.45, 2.75) is 31.1 Å². The van der Waals surface area contributed by atoms with E-state index < -0.39 is 10.0 Å². The topological polar surface area (TPSA) is 75.7 Å². The number of ether oxygens (including phenoxy) is 1. The third kappa shape index (κ3) is 5.11. The summed E-state index contributed by atoms with van der Waals surface area (Å²) in [6.45, 7) is 3.25. The molecule has 1 heterocycles. The number of para-hydroxylation sites is 1. The summed E-state index contributed by atoms with van der Waals surface area (Å²) in [5.41, 5.74) is 1.61. The van der Waals surface area contributed by atoms with E-state index in [1.807, 2.05) is 37.3 Å². The molecule has 0 spiro atoms. The maximum atomic E-state index is 13.0. The summed E-state index contributed by atoms with van der Waals surface area (Å²) < 4.78 is 34.3. The zero-order valence-corrected chi connectivity index (χ0v) is 18.8. The number of likely N-dealkylation sites (tertiary alicyclic amines) is 1. The Hall–Kier alpha value is -3.32. The Labute approximate surface area is 188 Å². The van der Waals surface area contributed by atoms with Crippen LogP contribution >= 0.6 is 0 Å². The van der Waals surface area contributed by atoms with Gasteiger partial charge in [-0.05, 0) is 80.3 Å². The smallest absolute Gasteiger partial charge is 0.261 e. The summed E-state index contributed by atoms with van der Waals surface area (Å²) in [7, 11) is -3.85. The second-order valence-corrected chi connectivity index (χ2v) is 9.56. The molecule has 0 bridgehead atoms. The molecule has 1 saturated heterocycles. The maximum absolute atomic E-state index is 13.0. The van der Waals surface area contributed by atoms with Crippen LogP contribution in [0.5, 0.6) is 11.5 Å². The molecule has 1 aliphatic rings. The van der Waals surface area contributed by atoms with Crippen molar-refractivity contribution in [1.82, 2.24) is 4.90 Å². The molecule has 7 heteroatoms. The normalized spacial score (nSPS) is 14.1. The molecular formula is C25H26N2O4S. The molecular weight excluding hydrogens is 424 g/mol. The van der Waals surface area contributed by atoms with Gasteiger partial charge in [0.25, 0.3) is 15.9 Å². The van der Waals surface area contributed by atoms with Gasteiger partial charge in [-0.25, -0.2) is 8.42 Å². The first-order valence-electron chi connectivity index (χ1n) is 10.7. The molecule has 1 N–H and O–H groups in total. The summed E-state index contributed by atoms with van der Waals surface area (Å²) in [6, 6.07) is 20.7. The fraction of sp³-hybridized carbons (Fsp3) is 0.240. The zero-order chi connectivity index (χ0) is 22.6. The van der Waals surface area contributed by atoms with E-state index in [9.17, 15) is 13.2 Å². The van der Waals surface area contributed by atoms with Crippen LogP contribution in [0.25, 0.3) is 0 Å². The minimum absolute atomic E-state index is 0.0630. The summed E-state index contributed by atoms with van der Waals surface area (Å²) >= 11 is 0. The predicted molar refractivity (Wildman–Crippen MR) is 125 cm³/mol. The molecule has 1 amide bonds. The molecule has 0 unspecified atom stereocenters. The summed E-state index contributed by atoms with van der Waals surface area (Å²) in [4.78, 5) is 14.8. The lowest BCUT2D eigenvalue weighted by molar-refractivity contribution is 0.0723. The lowest BCUT2D eigenvalue weighted by atomic mass is 10.1. The Morgan fingerprint density at radius 3 is 2.22 bits per heavy atom. The van der Waals surface area contributed by atoms with Crippen LogP contribution < -0.4 is 9.46 Å². The predicted octanol–water partition coefficient (Wildman–Crippen LogP) is 5.21. The number of amides is 1. The van der Waals surface area contributed by atoms with E-state index in [0.717, 1.165) is 24.8 Å². The first-order chi connectivity index (χ1) is 15.4. The van der Waals surface area contributed by atoms with Crippen LogP contribution in [0.15, 0.2) is 77.7 Å². The average molecular weight is 451 g/mol. The molecule has 32 heavy (non-hydrogen) atoms. The van der Waals surface area contributed by atoms with E-state index in [0.29, 0.717) is 35.8 Å². The van der Waals surface area contributed by atoms with Gasteiger partial charge in [-0.1, -0.05) is 24.3 Å². The Morgan fingerprint density at radius 1 is 0.875 bits per heavy atom. The van der Waals surface area contributed by atoms with Crippen LogP contribution in [-0.2, 0) is 10.0 Å². The molecule has 0 aliphatic carbocycles. The zero-order valence-electron chi connectivity index (χ0n) is 18.0. The number of rotatable bonds is 6. The number of nitrogens with zero attached hydrogens (tertiary/aromatic N) is 1. The van der Waals surface area contributed by atoms with Crippen LogP contribution in [0.1, 0.15) is 35.2 Å². The van der Waals surface area contributed by atoms with E-state index in [1.54, 1.807) is 35.2 Å². The van der Waals surface area contributed by atoms with E-state index in [1.165, 1.54) is 12.1 Å². The highest BCUT2D eigenvalue weighted by Crippen LogP contribution is 2.25. The monoisotopic (exact) mass is 450 g/mol. The quantitative estimate of drug-likeness (QED) is 0.559. The number of carbonyl (C=O) groups is 1. The molecule has 166 valence electrons. The average Bonchev–Trinajstić information content (AvgIpc) is 2.81. The van der Waals surface area contributed by atoms with Gasteiger partial charge in [0.1, 0.15) is 11.5 Å². The van der Waals surface area contributed by atoms with Gasteiger partial charge in [-0.2, -0.15) is 0 Å². The second-order valence-electron chi connectivity index (χ2n) is 7.87. The van der Waals surface area contributed by atoms with Gasteiger partial charge in [-0.15, -0.1) is 0 Å². The largest absolute Gasteiger partial charge is 0.457 e. The molecule has 0 atom stereocenters. The molecule has 3 aromatic rings. The van der Waals surface area contributed by atoms with Gasteiger partial charge >= 0.3 is 0 Å². The van der Waals surface area contributed by atoms with Crippen LogP contribution in [0.3, 0.4) is 0 Å². The molecule has 4 rings (SSSR count). The lowest BCUT2D eigenvalue weighted by Gasteiger charge is -2.27. The molecule has 0 aromatic heterocycles. The number of nitrogens with one attached hydrogen (secondary N) is 1. The SMILES string of the molecule is Cc1ccc(S(=O)(=O)Nc2ccc(Oc3ccccc3)cc2)cc1C(=O)N1CCCCC1. The van der Waals surface area contributed by atoms with Crippen molar-refractivity contribution < 1.29 is 17.9 Å². The molecule has 0 saturated carbocycles. The fourth-order valence-corrected chi connectivity index (χ4v) is 4.78. The van der Waals surface area contributed by atoms with Gasteiger partial charge in [0.15, 0.2) is 0 Å². The third-order valence-corrected chi connectivity index (χ3v) is 6.86. The first-order valence-corrected chi connectivity index (χ1v) is 12.2. The van der Waals surface area contributed by atoms with Crippen molar-refractivity contribution in [3.05, 3.63) is 83.9 Å². The molecule has 6 nitrogen and oxygen atoms in total. The fourth-order valence-electron chi connectivity index (χ4n) is 3.70. The number of aryl methyl sites for hydroxylation is 1. The highest BCUT2D eigenvalue weighted by molar-refractivity contribution is 7.92. The Bertz CT molecular complexity index is 1190. The van der Waals surface area contributed by atoms with Crippen LogP contribution in [0.4, 0.5) is 5.69 Å². The minimum Gasteiger partial charge on any atom is -0.457 e. The van der Waals surface area contributed by atoms with Crippen molar-refractivity contribution in [3.63, 3.8) is 0 Å². The number of sulfonamides is 1. The molecule has 0 radical (unpaired) electrons. The number of hydrogen-bond donors (Lipinski definition) is 1.